The Hall–Kier alpha value is -4.90. The van der Waals surface area contributed by atoms with Gasteiger partial charge < -0.3 is 19.5 Å². The van der Waals surface area contributed by atoms with Crippen LogP contribution in [0.1, 0.15) is 72.6 Å². The van der Waals surface area contributed by atoms with Crippen molar-refractivity contribution in [2.24, 2.45) is 11.8 Å². The molecule has 0 radical (unpaired) electrons. The number of hydrogen-bond acceptors (Lipinski definition) is 8. The number of nitriles is 2. The minimum absolute atomic E-state index is 0.356. The normalized spacial score (nSPS) is 25.9. The molecule has 2 saturated heterocycles. The van der Waals surface area contributed by atoms with Crippen LogP contribution in [0.2, 0.25) is 0 Å². The molecule has 8 rings (SSSR count). The van der Waals surface area contributed by atoms with E-state index >= 15 is 0 Å². The van der Waals surface area contributed by atoms with E-state index in [1.807, 2.05) is 36.7 Å². The van der Waals surface area contributed by atoms with Gasteiger partial charge in [-0.15, -0.1) is 0 Å². The summed E-state index contributed by atoms with van der Waals surface area (Å²) in [7, 11) is 4.34. The molecule has 0 saturated carbocycles. The predicted molar refractivity (Wildman–Crippen MR) is 188 cm³/mol. The summed E-state index contributed by atoms with van der Waals surface area (Å²) in [6.45, 7) is 1.96. The van der Waals surface area contributed by atoms with Crippen LogP contribution in [0.5, 0.6) is 0 Å². The topological polar surface area (TPSA) is 117 Å². The zero-order chi connectivity index (χ0) is 34.5. The molecule has 50 heavy (non-hydrogen) atoms. The number of aromatic nitrogens is 2. The van der Waals surface area contributed by atoms with E-state index in [0.717, 1.165) is 96.7 Å². The van der Waals surface area contributed by atoms with Crippen LogP contribution >= 0.6 is 0 Å². The standard InChI is InChI=1S/C40H42N6O4/c1-43-21-25(7-5-15-41)17-31-29-9-3-11-33-39(29)27(19-35(31)43)23-45(33)49-37(47)13-14-38(48)50-46-24-28-20-36-32(30-10-4-12-34(46)40(28)30)18-26(8-6-16-42)22-44(36)2/h3-4,9-14,23-26,31-32,35-36H,5-8,17-22H2,1-2H3/b14-13-/t25?,26?,31-,32-,35-,36-/m0/s1. The van der Waals surface area contributed by atoms with Crippen LogP contribution < -0.4 is 9.68 Å². The van der Waals surface area contributed by atoms with Gasteiger partial charge in [-0.25, -0.2) is 9.59 Å². The van der Waals surface area contributed by atoms with Crippen LogP contribution in [0.15, 0.2) is 60.9 Å². The number of fused-ring (bicyclic) bond motifs is 4. The maximum absolute atomic E-state index is 13.0. The fraction of sp³-hybridized carbons (Fsp3) is 0.450. The van der Waals surface area contributed by atoms with Crippen molar-refractivity contribution in [3.05, 3.63) is 83.2 Å². The van der Waals surface area contributed by atoms with Gasteiger partial charge >= 0.3 is 11.9 Å². The number of hydrogen-bond donors (Lipinski definition) is 0. The molecule has 10 nitrogen and oxygen atoms in total. The summed E-state index contributed by atoms with van der Waals surface area (Å²) in [6.07, 6.45) is 12.8. The number of benzene rings is 2. The second-order valence-corrected chi connectivity index (χ2v) is 14.8. The molecule has 10 heteroatoms. The number of nitrogens with zero attached hydrogens (tertiary/aromatic N) is 6. The van der Waals surface area contributed by atoms with Gasteiger partial charge in [0.25, 0.3) is 0 Å². The molecular formula is C40H42N6O4. The number of rotatable bonds is 8. The summed E-state index contributed by atoms with van der Waals surface area (Å²) in [5.41, 5.74) is 6.49. The zero-order valence-electron chi connectivity index (χ0n) is 28.6. The summed E-state index contributed by atoms with van der Waals surface area (Å²) < 4.78 is 3.06. The van der Waals surface area contributed by atoms with Gasteiger partial charge in [0.2, 0.25) is 0 Å². The van der Waals surface area contributed by atoms with Gasteiger partial charge in [-0.1, -0.05) is 24.3 Å². The predicted octanol–water partition coefficient (Wildman–Crippen LogP) is 5.29. The highest BCUT2D eigenvalue weighted by molar-refractivity contribution is 5.94. The summed E-state index contributed by atoms with van der Waals surface area (Å²) in [4.78, 5) is 42.5. The minimum Gasteiger partial charge on any atom is -0.332 e. The van der Waals surface area contributed by atoms with Gasteiger partial charge in [0.1, 0.15) is 0 Å². The van der Waals surface area contributed by atoms with E-state index < -0.39 is 11.9 Å². The summed E-state index contributed by atoms with van der Waals surface area (Å²) in [6, 6.07) is 17.6. The van der Waals surface area contributed by atoms with Crippen molar-refractivity contribution >= 4 is 33.7 Å². The lowest BCUT2D eigenvalue weighted by atomic mass is 9.72. The maximum Gasteiger partial charge on any atom is 0.356 e. The Morgan fingerprint density at radius 2 is 1.18 bits per heavy atom. The molecule has 2 fully saturated rings. The molecule has 2 aliphatic heterocycles. The van der Waals surface area contributed by atoms with E-state index in [2.05, 4.69) is 48.2 Å². The van der Waals surface area contributed by atoms with Gasteiger partial charge in [-0.05, 0) is 98.8 Å². The van der Waals surface area contributed by atoms with E-state index in [-0.39, 0.29) is 0 Å². The van der Waals surface area contributed by atoms with Gasteiger partial charge in [-0.3, -0.25) is 0 Å². The van der Waals surface area contributed by atoms with Gasteiger partial charge in [0.05, 0.1) is 23.2 Å². The summed E-state index contributed by atoms with van der Waals surface area (Å²) >= 11 is 0. The van der Waals surface area contributed by atoms with E-state index in [1.165, 1.54) is 20.6 Å². The van der Waals surface area contributed by atoms with Gasteiger partial charge in [-0.2, -0.15) is 20.0 Å². The SMILES string of the molecule is CN1CC(CCC#N)C[C@H]2c3cccc4c3c(cn4OC(=O)/C=C\C(=O)On3cc4c5c(cccc53)[C@@H]3CC(CCC#N)CN(C)[C@H]3C4)C[C@@H]21. The zero-order valence-corrected chi connectivity index (χ0v) is 28.6. The highest BCUT2D eigenvalue weighted by Gasteiger charge is 2.41. The van der Waals surface area contributed by atoms with Crippen molar-refractivity contribution in [3.63, 3.8) is 0 Å². The number of piperidine rings is 2. The van der Waals surface area contributed by atoms with E-state index in [0.29, 0.717) is 48.6 Å². The Labute approximate surface area is 291 Å². The van der Waals surface area contributed by atoms with Crippen LogP contribution in [0, 0.1) is 34.5 Å². The van der Waals surface area contributed by atoms with E-state index in [9.17, 15) is 9.59 Å². The molecule has 4 heterocycles. The molecule has 2 aliphatic carbocycles. The fourth-order valence-electron chi connectivity index (χ4n) is 9.75. The highest BCUT2D eigenvalue weighted by Crippen LogP contribution is 2.47. The molecule has 4 aliphatic rings. The van der Waals surface area contributed by atoms with Crippen molar-refractivity contribution in [2.45, 2.75) is 75.3 Å². The molecule has 6 atom stereocenters. The average molecular weight is 671 g/mol. The Bertz CT molecular complexity index is 1950. The van der Waals surface area contributed by atoms with Crippen LogP contribution in [-0.2, 0) is 22.4 Å². The average Bonchev–Trinajstić information content (AvgIpc) is 3.65. The van der Waals surface area contributed by atoms with Gasteiger partial charge in [0.15, 0.2) is 0 Å². The smallest absolute Gasteiger partial charge is 0.332 e. The molecule has 2 aromatic carbocycles. The van der Waals surface area contributed by atoms with Gasteiger partial charge in [0, 0.05) is 85.2 Å². The Morgan fingerprint density at radius 3 is 1.60 bits per heavy atom. The second kappa shape index (κ2) is 13.1. The molecular weight excluding hydrogens is 628 g/mol. The van der Waals surface area contributed by atoms with Crippen molar-refractivity contribution in [1.29, 1.82) is 10.5 Å². The van der Waals surface area contributed by atoms with Crippen molar-refractivity contribution in [3.8, 4) is 12.1 Å². The number of carbonyl (C=O) groups is 2. The van der Waals surface area contributed by atoms with Crippen molar-refractivity contribution in [1.82, 2.24) is 19.3 Å². The third-order valence-corrected chi connectivity index (χ3v) is 11.9. The quantitative estimate of drug-likeness (QED) is 0.232. The molecule has 256 valence electrons. The number of likely N-dealkylation sites (N-methyl/N-ethyl adjacent to an activating group) is 2. The molecule has 0 bridgehead atoms. The lowest BCUT2D eigenvalue weighted by Crippen LogP contribution is -2.47. The first-order valence-corrected chi connectivity index (χ1v) is 17.9. The van der Waals surface area contributed by atoms with E-state index in [1.54, 1.807) is 0 Å². The molecule has 0 N–H and O–H groups in total. The van der Waals surface area contributed by atoms with Crippen LogP contribution in [0.4, 0.5) is 0 Å². The third kappa shape index (κ3) is 5.67. The minimum atomic E-state index is -0.669. The number of carbonyl (C=O) groups excluding carboxylic acids is 2. The Morgan fingerprint density at radius 1 is 0.740 bits per heavy atom. The van der Waals surface area contributed by atoms with E-state index in [4.69, 9.17) is 20.2 Å². The monoisotopic (exact) mass is 670 g/mol. The summed E-state index contributed by atoms with van der Waals surface area (Å²) in [5.74, 6) is 0.337. The lowest BCUT2D eigenvalue weighted by Gasteiger charge is -2.45. The molecule has 0 amide bonds. The third-order valence-electron chi connectivity index (χ3n) is 11.9. The first-order valence-electron chi connectivity index (χ1n) is 17.9. The Kier molecular flexibility index (Phi) is 8.46. The van der Waals surface area contributed by atoms with Crippen LogP contribution in [0.25, 0.3) is 21.8 Å². The first kappa shape index (κ1) is 32.3. The first-order chi connectivity index (χ1) is 24.3. The molecule has 2 unspecified atom stereocenters. The largest absolute Gasteiger partial charge is 0.356 e. The van der Waals surface area contributed by atoms with Crippen molar-refractivity contribution in [2.75, 3.05) is 27.2 Å². The molecule has 4 aromatic rings. The maximum atomic E-state index is 13.0. The number of likely N-dealkylation sites (tertiary alicyclic amines) is 2. The second-order valence-electron chi connectivity index (χ2n) is 14.8. The van der Waals surface area contributed by atoms with Crippen molar-refractivity contribution < 1.29 is 19.3 Å². The molecule has 2 aromatic heterocycles. The fourth-order valence-corrected chi connectivity index (χ4v) is 9.75. The lowest BCUT2D eigenvalue weighted by molar-refractivity contribution is -0.140. The highest BCUT2D eigenvalue weighted by atomic mass is 16.7. The van der Waals surface area contributed by atoms with Crippen LogP contribution in [0.3, 0.4) is 0 Å². The Balaban J connectivity index is 0.971. The summed E-state index contributed by atoms with van der Waals surface area (Å²) in [5, 5.41) is 20.5. The molecule has 0 spiro atoms. The van der Waals surface area contributed by atoms with Crippen LogP contribution in [-0.4, -0.2) is 70.5 Å².